The van der Waals surface area contributed by atoms with Gasteiger partial charge in [0.2, 0.25) is 5.91 Å². The zero-order chi connectivity index (χ0) is 15.7. The van der Waals surface area contributed by atoms with Gasteiger partial charge in [-0.05, 0) is 41.8 Å². The fourth-order valence-corrected chi connectivity index (χ4v) is 4.50. The number of amides is 2. The quantitative estimate of drug-likeness (QED) is 0.901. The van der Waals surface area contributed by atoms with Crippen LogP contribution in [0, 0.1) is 0 Å². The molecule has 0 fully saturated rings. The Labute approximate surface area is 136 Å². The lowest BCUT2D eigenvalue weighted by Gasteiger charge is -2.32. The van der Waals surface area contributed by atoms with Gasteiger partial charge in [-0.15, -0.1) is 22.7 Å². The van der Waals surface area contributed by atoms with Gasteiger partial charge >= 0.3 is 0 Å². The summed E-state index contributed by atoms with van der Waals surface area (Å²) >= 11 is 3.09. The molecule has 0 bridgehead atoms. The fraction of sp³-hybridized carbons (Fsp3) is 0.333. The first-order chi connectivity index (χ1) is 10.6. The van der Waals surface area contributed by atoms with E-state index < -0.39 is 5.91 Å². The van der Waals surface area contributed by atoms with Crippen LogP contribution in [-0.4, -0.2) is 29.8 Å². The molecule has 0 unspecified atom stereocenters. The number of fused-ring (bicyclic) bond motifs is 1. The van der Waals surface area contributed by atoms with E-state index in [4.69, 9.17) is 5.73 Å². The summed E-state index contributed by atoms with van der Waals surface area (Å²) in [6.45, 7) is 3.31. The first kappa shape index (κ1) is 15.2. The highest BCUT2D eigenvalue weighted by Crippen LogP contribution is 2.32. The maximum absolute atomic E-state index is 12.3. The van der Waals surface area contributed by atoms with E-state index in [2.05, 4.69) is 28.6 Å². The number of nitrogens with one attached hydrogen (secondary N) is 1. The number of hydrogen-bond acceptors (Lipinski definition) is 5. The molecule has 2 amide bonds. The van der Waals surface area contributed by atoms with E-state index in [0.29, 0.717) is 17.1 Å². The number of carbonyl (C=O) groups is 2. The van der Waals surface area contributed by atoms with Gasteiger partial charge in [0.05, 0.1) is 12.1 Å². The molecule has 5 nitrogen and oxygen atoms in total. The number of hydrogen-bond donors (Lipinski definition) is 2. The molecule has 1 atom stereocenters. The third-order valence-electron chi connectivity index (χ3n) is 3.93. The van der Waals surface area contributed by atoms with Gasteiger partial charge in [0.15, 0.2) is 0 Å². The van der Waals surface area contributed by atoms with E-state index in [0.717, 1.165) is 13.0 Å². The minimum Gasteiger partial charge on any atom is -0.366 e. The van der Waals surface area contributed by atoms with Crippen molar-refractivity contribution < 1.29 is 9.59 Å². The Balaban J connectivity index is 1.65. The van der Waals surface area contributed by atoms with Crippen LogP contribution in [0.3, 0.4) is 0 Å². The third kappa shape index (κ3) is 2.92. The summed E-state index contributed by atoms with van der Waals surface area (Å²) < 4.78 is 0. The van der Waals surface area contributed by atoms with E-state index in [-0.39, 0.29) is 11.9 Å². The summed E-state index contributed by atoms with van der Waals surface area (Å²) in [6.07, 6.45) is 0.982. The summed E-state index contributed by atoms with van der Waals surface area (Å²) in [6, 6.07) is 4.00. The van der Waals surface area contributed by atoms with Crippen LogP contribution < -0.4 is 11.1 Å². The summed E-state index contributed by atoms with van der Waals surface area (Å²) in [5, 5.41) is 7.18. The van der Waals surface area contributed by atoms with Crippen LogP contribution in [0.4, 0.5) is 5.00 Å². The minimum atomic E-state index is -0.522. The Bertz CT molecular complexity index is 707. The van der Waals surface area contributed by atoms with Crippen LogP contribution in [0.1, 0.15) is 33.8 Å². The molecular weight excluding hydrogens is 318 g/mol. The smallest absolute Gasteiger partial charge is 0.251 e. The Morgan fingerprint density at radius 1 is 1.36 bits per heavy atom. The van der Waals surface area contributed by atoms with Crippen molar-refractivity contribution in [3.8, 4) is 0 Å². The molecule has 116 valence electrons. The average molecular weight is 335 g/mol. The first-order valence-electron chi connectivity index (χ1n) is 7.03. The van der Waals surface area contributed by atoms with Gasteiger partial charge in [-0.2, -0.15) is 0 Å². The summed E-state index contributed by atoms with van der Waals surface area (Å²) in [4.78, 5) is 27.1. The van der Waals surface area contributed by atoms with Crippen LogP contribution in [0.25, 0.3) is 0 Å². The Morgan fingerprint density at radius 2 is 2.14 bits per heavy atom. The molecule has 0 spiro atoms. The average Bonchev–Trinajstić information content (AvgIpc) is 3.10. The van der Waals surface area contributed by atoms with Crippen LogP contribution in [0.15, 0.2) is 22.9 Å². The summed E-state index contributed by atoms with van der Waals surface area (Å²) in [5.74, 6) is -0.638. The number of anilines is 1. The predicted octanol–water partition coefficient (Wildman–Crippen LogP) is 2.47. The second-order valence-corrected chi connectivity index (χ2v) is 7.19. The molecule has 0 saturated heterocycles. The van der Waals surface area contributed by atoms with Crippen LogP contribution >= 0.6 is 22.7 Å². The maximum Gasteiger partial charge on any atom is 0.251 e. The monoisotopic (exact) mass is 335 g/mol. The van der Waals surface area contributed by atoms with Gasteiger partial charge in [-0.1, -0.05) is 0 Å². The summed E-state index contributed by atoms with van der Waals surface area (Å²) in [5.41, 5.74) is 6.97. The fourth-order valence-electron chi connectivity index (χ4n) is 2.73. The number of thiophene rings is 2. The number of carbonyl (C=O) groups excluding carboxylic acids is 2. The second kappa shape index (κ2) is 6.20. The molecule has 22 heavy (non-hydrogen) atoms. The van der Waals surface area contributed by atoms with Gasteiger partial charge in [0, 0.05) is 17.5 Å². The molecule has 2 aromatic rings. The van der Waals surface area contributed by atoms with E-state index in [1.807, 2.05) is 0 Å². The lowest BCUT2D eigenvalue weighted by molar-refractivity contribution is -0.117. The third-order valence-corrected chi connectivity index (χ3v) is 5.76. The number of nitrogens with two attached hydrogens (primary N) is 1. The standard InChI is InChI=1S/C15H17N3O2S2/c1-9-10-3-6-21-12(10)2-5-18(9)8-13(19)17-15-11(14(16)20)4-7-22-15/h3-4,6-7,9H,2,5,8H2,1H3,(H2,16,20)(H,17,19)/t9-/m0/s1. The molecule has 0 saturated carbocycles. The summed E-state index contributed by atoms with van der Waals surface area (Å²) in [7, 11) is 0. The molecule has 3 heterocycles. The molecule has 0 radical (unpaired) electrons. The molecule has 0 aliphatic carbocycles. The SMILES string of the molecule is C[C@H]1c2ccsc2CCN1CC(=O)Nc1sccc1C(N)=O. The van der Waals surface area contributed by atoms with E-state index in [1.54, 1.807) is 22.8 Å². The lowest BCUT2D eigenvalue weighted by Crippen LogP contribution is -2.39. The largest absolute Gasteiger partial charge is 0.366 e. The zero-order valence-corrected chi connectivity index (χ0v) is 13.8. The van der Waals surface area contributed by atoms with Crippen molar-refractivity contribution in [1.29, 1.82) is 0 Å². The molecule has 1 aliphatic heterocycles. The Morgan fingerprint density at radius 3 is 2.91 bits per heavy atom. The van der Waals surface area contributed by atoms with Crippen molar-refractivity contribution in [1.82, 2.24) is 4.90 Å². The number of rotatable bonds is 4. The first-order valence-corrected chi connectivity index (χ1v) is 8.79. The Hall–Kier alpha value is -1.70. The van der Waals surface area contributed by atoms with E-state index >= 15 is 0 Å². The molecule has 1 aliphatic rings. The van der Waals surface area contributed by atoms with Crippen LogP contribution in [-0.2, 0) is 11.2 Å². The second-order valence-electron chi connectivity index (χ2n) is 5.27. The topological polar surface area (TPSA) is 75.4 Å². The van der Waals surface area contributed by atoms with Crippen LogP contribution in [0.2, 0.25) is 0 Å². The van der Waals surface area contributed by atoms with Crippen molar-refractivity contribution in [3.63, 3.8) is 0 Å². The van der Waals surface area contributed by atoms with Gasteiger partial charge < -0.3 is 11.1 Å². The Kier molecular flexibility index (Phi) is 4.28. The van der Waals surface area contributed by atoms with Gasteiger partial charge in [0.1, 0.15) is 5.00 Å². The van der Waals surface area contributed by atoms with Gasteiger partial charge in [-0.3, -0.25) is 14.5 Å². The highest BCUT2D eigenvalue weighted by atomic mass is 32.1. The normalized spacial score (nSPS) is 18.0. The van der Waals surface area contributed by atoms with E-state index in [9.17, 15) is 9.59 Å². The predicted molar refractivity (Wildman–Crippen MR) is 89.5 cm³/mol. The van der Waals surface area contributed by atoms with Crippen molar-refractivity contribution in [2.75, 3.05) is 18.4 Å². The number of nitrogens with zero attached hydrogens (tertiary/aromatic N) is 1. The number of primary amides is 1. The van der Waals surface area contributed by atoms with E-state index in [1.165, 1.54) is 21.8 Å². The van der Waals surface area contributed by atoms with Gasteiger partial charge in [0.25, 0.3) is 5.91 Å². The maximum atomic E-state index is 12.3. The molecule has 7 heteroatoms. The lowest BCUT2D eigenvalue weighted by atomic mass is 10.0. The molecule has 2 aromatic heterocycles. The molecule has 3 rings (SSSR count). The molecule has 3 N–H and O–H groups in total. The van der Waals surface area contributed by atoms with Crippen LogP contribution in [0.5, 0.6) is 0 Å². The zero-order valence-electron chi connectivity index (χ0n) is 12.2. The van der Waals surface area contributed by atoms with Crippen molar-refractivity contribution in [3.05, 3.63) is 38.9 Å². The van der Waals surface area contributed by atoms with Crippen molar-refractivity contribution >= 4 is 39.5 Å². The van der Waals surface area contributed by atoms with Crippen molar-refractivity contribution in [2.24, 2.45) is 5.73 Å². The highest BCUT2D eigenvalue weighted by Gasteiger charge is 2.26. The highest BCUT2D eigenvalue weighted by molar-refractivity contribution is 7.14. The molecule has 0 aromatic carbocycles. The van der Waals surface area contributed by atoms with Crippen molar-refractivity contribution in [2.45, 2.75) is 19.4 Å². The molecular formula is C15H17N3O2S2. The minimum absolute atomic E-state index is 0.115. The van der Waals surface area contributed by atoms with Gasteiger partial charge in [-0.25, -0.2) is 0 Å².